The maximum atomic E-state index is 12.3. The summed E-state index contributed by atoms with van der Waals surface area (Å²) in [5, 5.41) is 17.9. The van der Waals surface area contributed by atoms with Gasteiger partial charge in [0.1, 0.15) is 16.5 Å². The maximum Gasteiger partial charge on any atom is 0.272 e. The van der Waals surface area contributed by atoms with E-state index in [0.717, 1.165) is 0 Å². The molecule has 0 saturated carbocycles. The first-order valence-electron chi connectivity index (χ1n) is 6.26. The average molecular weight is 286 g/mol. The van der Waals surface area contributed by atoms with E-state index in [1.165, 1.54) is 6.20 Å². The van der Waals surface area contributed by atoms with Gasteiger partial charge in [-0.05, 0) is 31.2 Å². The molecule has 1 aromatic heterocycles. The van der Waals surface area contributed by atoms with E-state index in [1.54, 1.807) is 28.8 Å². The molecule has 1 amide bonds. The molecule has 20 heavy (non-hydrogen) atoms. The number of aromatic nitrogens is 1. The van der Waals surface area contributed by atoms with Crippen LogP contribution in [-0.2, 0) is 0 Å². The Hall–Kier alpha value is -2.05. The second kappa shape index (κ2) is 5.94. The average Bonchev–Trinajstić information content (AvgIpc) is 2.54. The standard InChI is InChI=1S/C14H14N4OS/c1-20-14(10-16)4-6-18(7-5-14)13(19)12-3-2-11(8-15)9-17-12/h2-3,9H,4-7H2,1H3. The Balaban J connectivity index is 2.05. The zero-order chi connectivity index (χ0) is 14.6. The zero-order valence-corrected chi connectivity index (χ0v) is 12.0. The molecular formula is C14H14N4OS. The first-order chi connectivity index (χ1) is 9.64. The van der Waals surface area contributed by atoms with Gasteiger partial charge in [-0.3, -0.25) is 4.79 Å². The molecule has 0 atom stereocenters. The van der Waals surface area contributed by atoms with Gasteiger partial charge in [-0.2, -0.15) is 10.5 Å². The van der Waals surface area contributed by atoms with Crippen molar-refractivity contribution in [3.63, 3.8) is 0 Å². The Labute approximate surface area is 122 Å². The summed E-state index contributed by atoms with van der Waals surface area (Å²) in [5.41, 5.74) is 0.781. The van der Waals surface area contributed by atoms with Crippen LogP contribution in [-0.4, -0.2) is 39.9 Å². The van der Waals surface area contributed by atoms with Crippen molar-refractivity contribution in [1.82, 2.24) is 9.88 Å². The minimum atomic E-state index is -0.366. The van der Waals surface area contributed by atoms with Crippen molar-refractivity contribution in [1.29, 1.82) is 10.5 Å². The molecule has 0 radical (unpaired) electrons. The second-order valence-corrected chi connectivity index (χ2v) is 5.84. The van der Waals surface area contributed by atoms with Gasteiger partial charge < -0.3 is 4.90 Å². The van der Waals surface area contributed by atoms with Gasteiger partial charge in [-0.25, -0.2) is 4.98 Å². The molecule has 0 spiro atoms. The number of amides is 1. The highest BCUT2D eigenvalue weighted by atomic mass is 32.2. The Bertz CT molecular complexity index is 577. The summed E-state index contributed by atoms with van der Waals surface area (Å²) in [5.74, 6) is -0.137. The lowest BCUT2D eigenvalue weighted by Crippen LogP contribution is -2.44. The molecule has 5 nitrogen and oxygen atoms in total. The minimum Gasteiger partial charge on any atom is -0.337 e. The van der Waals surface area contributed by atoms with Gasteiger partial charge in [-0.15, -0.1) is 11.8 Å². The van der Waals surface area contributed by atoms with Crippen LogP contribution in [0.4, 0.5) is 0 Å². The molecule has 0 aromatic carbocycles. The molecule has 1 aliphatic rings. The predicted molar refractivity (Wildman–Crippen MR) is 75.9 cm³/mol. The van der Waals surface area contributed by atoms with E-state index >= 15 is 0 Å². The summed E-state index contributed by atoms with van der Waals surface area (Å²) in [6.07, 6.45) is 4.68. The van der Waals surface area contributed by atoms with Crippen molar-refractivity contribution in [2.75, 3.05) is 19.3 Å². The van der Waals surface area contributed by atoms with Crippen LogP contribution in [0.2, 0.25) is 0 Å². The van der Waals surface area contributed by atoms with Crippen LogP contribution >= 0.6 is 11.8 Å². The largest absolute Gasteiger partial charge is 0.337 e. The fraction of sp³-hybridized carbons (Fsp3) is 0.429. The van der Waals surface area contributed by atoms with E-state index in [0.29, 0.717) is 37.2 Å². The van der Waals surface area contributed by atoms with Gasteiger partial charge in [0.15, 0.2) is 0 Å². The first kappa shape index (κ1) is 14.4. The van der Waals surface area contributed by atoms with Crippen LogP contribution in [0.15, 0.2) is 18.3 Å². The number of nitriles is 2. The Morgan fingerprint density at radius 3 is 2.55 bits per heavy atom. The van der Waals surface area contributed by atoms with Crippen molar-refractivity contribution >= 4 is 17.7 Å². The Morgan fingerprint density at radius 2 is 2.10 bits per heavy atom. The molecular weight excluding hydrogens is 272 g/mol. The Kier molecular flexibility index (Phi) is 4.26. The van der Waals surface area contributed by atoms with E-state index in [-0.39, 0.29) is 10.7 Å². The highest BCUT2D eigenvalue weighted by molar-refractivity contribution is 8.00. The lowest BCUT2D eigenvalue weighted by molar-refractivity contribution is 0.0710. The molecule has 1 aromatic rings. The molecule has 0 aliphatic carbocycles. The molecule has 1 saturated heterocycles. The predicted octanol–water partition coefficient (Wildman–Crippen LogP) is 1.81. The fourth-order valence-corrected chi connectivity index (χ4v) is 2.86. The molecule has 0 unspecified atom stereocenters. The molecule has 102 valence electrons. The molecule has 2 heterocycles. The number of carbonyl (C=O) groups is 1. The quantitative estimate of drug-likeness (QED) is 0.828. The van der Waals surface area contributed by atoms with E-state index in [1.807, 2.05) is 12.3 Å². The number of rotatable bonds is 2. The van der Waals surface area contributed by atoms with Gasteiger partial charge in [0.2, 0.25) is 0 Å². The Morgan fingerprint density at radius 1 is 1.40 bits per heavy atom. The topological polar surface area (TPSA) is 80.8 Å². The summed E-state index contributed by atoms with van der Waals surface area (Å²) >= 11 is 1.56. The number of carbonyl (C=O) groups excluding carboxylic acids is 1. The number of likely N-dealkylation sites (tertiary alicyclic amines) is 1. The van der Waals surface area contributed by atoms with Gasteiger partial charge in [0, 0.05) is 19.3 Å². The van der Waals surface area contributed by atoms with Crippen LogP contribution in [0.5, 0.6) is 0 Å². The summed E-state index contributed by atoms with van der Waals surface area (Å²) in [6.45, 7) is 1.13. The van der Waals surface area contributed by atoms with Crippen LogP contribution in [0, 0.1) is 22.7 Å². The fourth-order valence-electron chi connectivity index (χ4n) is 2.18. The lowest BCUT2D eigenvalue weighted by Gasteiger charge is -2.35. The zero-order valence-electron chi connectivity index (χ0n) is 11.2. The van der Waals surface area contributed by atoms with Crippen molar-refractivity contribution in [3.05, 3.63) is 29.6 Å². The summed E-state index contributed by atoms with van der Waals surface area (Å²) < 4.78 is -0.366. The van der Waals surface area contributed by atoms with E-state index in [4.69, 9.17) is 5.26 Å². The van der Waals surface area contributed by atoms with Crippen LogP contribution in [0.3, 0.4) is 0 Å². The third-order valence-electron chi connectivity index (χ3n) is 3.56. The van der Waals surface area contributed by atoms with Crippen LogP contribution < -0.4 is 0 Å². The van der Waals surface area contributed by atoms with Crippen molar-refractivity contribution < 1.29 is 4.79 Å². The number of hydrogen-bond donors (Lipinski definition) is 0. The van der Waals surface area contributed by atoms with E-state index in [2.05, 4.69) is 11.1 Å². The monoisotopic (exact) mass is 286 g/mol. The van der Waals surface area contributed by atoms with Crippen molar-refractivity contribution in [3.8, 4) is 12.1 Å². The molecule has 1 fully saturated rings. The third kappa shape index (κ3) is 2.76. The SMILES string of the molecule is CSC1(C#N)CCN(C(=O)c2ccc(C#N)cn2)CC1. The lowest BCUT2D eigenvalue weighted by atomic mass is 9.97. The molecule has 0 bridgehead atoms. The molecule has 6 heteroatoms. The highest BCUT2D eigenvalue weighted by Gasteiger charge is 2.35. The van der Waals surface area contributed by atoms with Crippen LogP contribution in [0.25, 0.3) is 0 Å². The molecule has 1 aliphatic heterocycles. The van der Waals surface area contributed by atoms with Gasteiger partial charge >= 0.3 is 0 Å². The number of piperidine rings is 1. The highest BCUT2D eigenvalue weighted by Crippen LogP contribution is 2.34. The van der Waals surface area contributed by atoms with Crippen LogP contribution in [0.1, 0.15) is 28.9 Å². The second-order valence-electron chi connectivity index (χ2n) is 4.65. The molecule has 2 rings (SSSR count). The van der Waals surface area contributed by atoms with Crippen molar-refractivity contribution in [2.24, 2.45) is 0 Å². The summed E-state index contributed by atoms with van der Waals surface area (Å²) in [4.78, 5) is 18.0. The number of hydrogen-bond acceptors (Lipinski definition) is 5. The molecule has 0 N–H and O–H groups in total. The van der Waals surface area contributed by atoms with Crippen molar-refractivity contribution in [2.45, 2.75) is 17.6 Å². The smallest absolute Gasteiger partial charge is 0.272 e. The summed E-state index contributed by atoms with van der Waals surface area (Å²) in [6, 6.07) is 7.49. The number of thioether (sulfide) groups is 1. The minimum absolute atomic E-state index is 0.137. The normalized spacial score (nSPS) is 17.1. The van der Waals surface area contributed by atoms with Gasteiger partial charge in [0.25, 0.3) is 5.91 Å². The van der Waals surface area contributed by atoms with Gasteiger partial charge in [-0.1, -0.05) is 0 Å². The third-order valence-corrected chi connectivity index (χ3v) is 4.85. The number of nitrogens with zero attached hydrogens (tertiary/aromatic N) is 4. The van der Waals surface area contributed by atoms with Gasteiger partial charge in [0.05, 0.1) is 11.6 Å². The van der Waals surface area contributed by atoms with E-state index in [9.17, 15) is 10.1 Å². The number of pyridine rings is 1. The van der Waals surface area contributed by atoms with E-state index < -0.39 is 0 Å². The first-order valence-corrected chi connectivity index (χ1v) is 7.48. The maximum absolute atomic E-state index is 12.3. The summed E-state index contributed by atoms with van der Waals surface area (Å²) in [7, 11) is 0.